The topological polar surface area (TPSA) is 113 Å². The molecule has 1 aliphatic rings. The number of ketones is 2. The van der Waals surface area contributed by atoms with Gasteiger partial charge in [0.15, 0.2) is 11.6 Å². The molecule has 0 aromatic heterocycles. The van der Waals surface area contributed by atoms with Crippen LogP contribution < -0.4 is 5.32 Å². The second kappa shape index (κ2) is 8.65. The quantitative estimate of drug-likeness (QED) is 0.501. The molecule has 0 bridgehead atoms. The van der Waals surface area contributed by atoms with Crippen LogP contribution in [0.25, 0.3) is 0 Å². The van der Waals surface area contributed by atoms with Gasteiger partial charge in [0.1, 0.15) is 17.6 Å². The van der Waals surface area contributed by atoms with Gasteiger partial charge in [-0.2, -0.15) is 0 Å². The predicted octanol–water partition coefficient (Wildman–Crippen LogP) is 4.38. The highest BCUT2D eigenvalue weighted by molar-refractivity contribution is 6.27. The number of carbonyl (C=O) groups is 3. The first kappa shape index (κ1) is 20.9. The summed E-state index contributed by atoms with van der Waals surface area (Å²) in [5.74, 6) is -2.17. The molecule has 0 fully saturated rings. The standard InChI is InChI=1S/C23H21NO6/c1-13(2)8-11-19(30-23(29)24-14-6-4-3-5-7-14)15-12-18(27)20-16(25)9-10-17(26)21(20)22(15)28/h3-10,12,19,25-26H,11H2,1-2H3,(H,24,29). The summed E-state index contributed by atoms with van der Waals surface area (Å²) in [6.07, 6.45) is 1.13. The number of para-hydroxylation sites is 1. The fourth-order valence-electron chi connectivity index (χ4n) is 3.10. The maximum atomic E-state index is 13.0. The number of phenolic OH excluding ortho intramolecular Hbond substituents is 2. The van der Waals surface area contributed by atoms with E-state index in [1.165, 1.54) is 0 Å². The summed E-state index contributed by atoms with van der Waals surface area (Å²) < 4.78 is 5.47. The largest absolute Gasteiger partial charge is 0.507 e. The Morgan fingerprint density at radius 2 is 1.67 bits per heavy atom. The molecule has 0 spiro atoms. The molecule has 3 rings (SSSR count). The van der Waals surface area contributed by atoms with E-state index < -0.39 is 35.3 Å². The Morgan fingerprint density at radius 1 is 1.03 bits per heavy atom. The van der Waals surface area contributed by atoms with Gasteiger partial charge >= 0.3 is 6.09 Å². The Labute approximate surface area is 173 Å². The highest BCUT2D eigenvalue weighted by atomic mass is 16.6. The van der Waals surface area contributed by atoms with Crippen LogP contribution in [0.4, 0.5) is 10.5 Å². The summed E-state index contributed by atoms with van der Waals surface area (Å²) in [6.45, 7) is 3.70. The van der Waals surface area contributed by atoms with Crippen molar-refractivity contribution in [2.45, 2.75) is 26.4 Å². The van der Waals surface area contributed by atoms with Crippen molar-refractivity contribution in [1.82, 2.24) is 0 Å². The molecule has 7 nitrogen and oxygen atoms in total. The lowest BCUT2D eigenvalue weighted by molar-refractivity contribution is 0.0914. The molecule has 2 aromatic rings. The number of amides is 1. The number of carbonyl (C=O) groups excluding carboxylic acids is 3. The molecule has 0 saturated heterocycles. The Hall–Kier alpha value is -3.87. The van der Waals surface area contributed by atoms with Gasteiger partial charge in [0.05, 0.1) is 11.1 Å². The summed E-state index contributed by atoms with van der Waals surface area (Å²) >= 11 is 0. The van der Waals surface area contributed by atoms with Gasteiger partial charge in [-0.1, -0.05) is 29.8 Å². The van der Waals surface area contributed by atoms with Crippen molar-refractivity contribution in [1.29, 1.82) is 0 Å². The number of phenols is 2. The Balaban J connectivity index is 1.93. The first-order valence-corrected chi connectivity index (χ1v) is 9.29. The molecule has 3 N–H and O–H groups in total. The fourth-order valence-corrected chi connectivity index (χ4v) is 3.10. The highest BCUT2D eigenvalue weighted by Gasteiger charge is 2.35. The second-order valence-corrected chi connectivity index (χ2v) is 7.05. The molecular formula is C23H21NO6. The second-order valence-electron chi connectivity index (χ2n) is 7.05. The molecule has 1 unspecified atom stereocenters. The number of aromatic hydroxyl groups is 2. The van der Waals surface area contributed by atoms with E-state index in [1.54, 1.807) is 36.4 Å². The van der Waals surface area contributed by atoms with E-state index in [4.69, 9.17) is 4.74 Å². The third kappa shape index (κ3) is 4.41. The number of Topliss-reactive ketones (excluding diaryl/α,β-unsaturated/α-hetero) is 1. The van der Waals surface area contributed by atoms with Gasteiger partial charge < -0.3 is 14.9 Å². The molecule has 7 heteroatoms. The van der Waals surface area contributed by atoms with Crippen LogP contribution >= 0.6 is 0 Å². The molecule has 1 aliphatic carbocycles. The molecule has 0 saturated carbocycles. The molecule has 0 aliphatic heterocycles. The zero-order valence-corrected chi connectivity index (χ0v) is 16.5. The number of hydrogen-bond acceptors (Lipinski definition) is 6. The van der Waals surface area contributed by atoms with Crippen molar-refractivity contribution in [2.24, 2.45) is 0 Å². The van der Waals surface area contributed by atoms with Gasteiger partial charge in [0.2, 0.25) is 0 Å². The number of ether oxygens (including phenoxy) is 1. The van der Waals surface area contributed by atoms with E-state index in [0.29, 0.717) is 5.69 Å². The summed E-state index contributed by atoms with van der Waals surface area (Å²) in [5.41, 5.74) is 0.805. The molecule has 30 heavy (non-hydrogen) atoms. The number of nitrogens with one attached hydrogen (secondary N) is 1. The zero-order chi connectivity index (χ0) is 21.8. The van der Waals surface area contributed by atoms with Crippen LogP contribution in [0, 0.1) is 0 Å². The van der Waals surface area contributed by atoms with Crippen molar-refractivity contribution in [3.63, 3.8) is 0 Å². The molecule has 1 atom stereocenters. The average molecular weight is 407 g/mol. The van der Waals surface area contributed by atoms with Crippen LogP contribution in [-0.2, 0) is 4.74 Å². The molecule has 154 valence electrons. The Bertz CT molecular complexity index is 1060. The molecule has 1 amide bonds. The van der Waals surface area contributed by atoms with Crippen LogP contribution in [0.1, 0.15) is 41.0 Å². The van der Waals surface area contributed by atoms with Gasteiger partial charge in [-0.05, 0) is 44.2 Å². The zero-order valence-electron chi connectivity index (χ0n) is 16.5. The number of allylic oxidation sites excluding steroid dienone is 2. The average Bonchev–Trinajstić information content (AvgIpc) is 2.70. The van der Waals surface area contributed by atoms with E-state index in [0.717, 1.165) is 23.8 Å². The number of benzene rings is 2. The van der Waals surface area contributed by atoms with Crippen molar-refractivity contribution < 1.29 is 29.3 Å². The maximum absolute atomic E-state index is 13.0. The summed E-state index contributed by atoms with van der Waals surface area (Å²) in [6, 6.07) is 10.9. The van der Waals surface area contributed by atoms with Gasteiger partial charge in [-0.15, -0.1) is 0 Å². The summed E-state index contributed by atoms with van der Waals surface area (Å²) in [5, 5.41) is 22.7. The molecular weight excluding hydrogens is 386 g/mol. The molecule has 0 radical (unpaired) electrons. The van der Waals surface area contributed by atoms with Gasteiger partial charge in [0, 0.05) is 17.7 Å². The first-order valence-electron chi connectivity index (χ1n) is 9.29. The molecule has 2 aromatic carbocycles. The maximum Gasteiger partial charge on any atom is 0.412 e. The Kier molecular flexibility index (Phi) is 6.01. The van der Waals surface area contributed by atoms with E-state index in [-0.39, 0.29) is 23.1 Å². The minimum Gasteiger partial charge on any atom is -0.507 e. The van der Waals surface area contributed by atoms with E-state index in [2.05, 4.69) is 5.32 Å². The van der Waals surface area contributed by atoms with Crippen LogP contribution in [0.3, 0.4) is 0 Å². The van der Waals surface area contributed by atoms with Crippen LogP contribution in [0.2, 0.25) is 0 Å². The monoisotopic (exact) mass is 407 g/mol. The third-order valence-corrected chi connectivity index (χ3v) is 4.54. The normalized spacial score (nSPS) is 13.7. The number of anilines is 1. The number of hydrogen-bond donors (Lipinski definition) is 3. The van der Waals surface area contributed by atoms with E-state index in [1.807, 2.05) is 13.8 Å². The van der Waals surface area contributed by atoms with Crippen molar-refractivity contribution in [3.8, 4) is 11.5 Å². The molecule has 0 heterocycles. The Morgan fingerprint density at radius 3 is 2.30 bits per heavy atom. The highest BCUT2D eigenvalue weighted by Crippen LogP contribution is 2.36. The minimum atomic E-state index is -1.06. The lowest BCUT2D eigenvalue weighted by Crippen LogP contribution is -2.30. The van der Waals surface area contributed by atoms with Crippen LogP contribution in [0.15, 0.2) is 65.8 Å². The number of rotatable bonds is 5. The lowest BCUT2D eigenvalue weighted by atomic mass is 9.85. The summed E-state index contributed by atoms with van der Waals surface area (Å²) in [4.78, 5) is 38.0. The summed E-state index contributed by atoms with van der Waals surface area (Å²) in [7, 11) is 0. The van der Waals surface area contributed by atoms with E-state index in [9.17, 15) is 24.6 Å². The van der Waals surface area contributed by atoms with Crippen molar-refractivity contribution >= 4 is 23.3 Å². The third-order valence-electron chi connectivity index (χ3n) is 4.54. The van der Waals surface area contributed by atoms with E-state index >= 15 is 0 Å². The lowest BCUT2D eigenvalue weighted by Gasteiger charge is -2.23. The van der Waals surface area contributed by atoms with Crippen LogP contribution in [0.5, 0.6) is 11.5 Å². The first-order chi connectivity index (χ1) is 14.3. The smallest absolute Gasteiger partial charge is 0.412 e. The van der Waals surface area contributed by atoms with Gasteiger partial charge in [-0.3, -0.25) is 14.9 Å². The SMILES string of the molecule is CC(C)=CCC(OC(=O)Nc1ccccc1)C1=CC(=O)c2c(O)ccc(O)c2C1=O. The van der Waals surface area contributed by atoms with Crippen LogP contribution in [-0.4, -0.2) is 34.0 Å². The van der Waals surface area contributed by atoms with Crippen molar-refractivity contribution in [3.05, 3.63) is 76.9 Å². The van der Waals surface area contributed by atoms with Gasteiger partial charge in [-0.25, -0.2) is 4.79 Å². The number of fused-ring (bicyclic) bond motifs is 1. The van der Waals surface area contributed by atoms with Crippen molar-refractivity contribution in [2.75, 3.05) is 5.32 Å². The van der Waals surface area contributed by atoms with Gasteiger partial charge in [0.25, 0.3) is 0 Å². The minimum absolute atomic E-state index is 0.0749. The predicted molar refractivity (Wildman–Crippen MR) is 111 cm³/mol. The fraction of sp³-hybridized carbons (Fsp3) is 0.174.